The van der Waals surface area contributed by atoms with Gasteiger partial charge in [0.1, 0.15) is 11.5 Å². The average molecular weight is 309 g/mol. The van der Waals surface area contributed by atoms with Crippen molar-refractivity contribution in [2.24, 2.45) is 0 Å². The van der Waals surface area contributed by atoms with Gasteiger partial charge in [0.05, 0.1) is 10.5 Å². The molecule has 0 aliphatic rings. The van der Waals surface area contributed by atoms with Gasteiger partial charge in [-0.05, 0) is 36.8 Å². The first-order chi connectivity index (χ1) is 9.88. The number of carbonyl (C=O) groups excluding carboxylic acids is 1. The molecule has 2 rings (SSSR count). The van der Waals surface area contributed by atoms with Crippen LogP contribution in [0.25, 0.3) is 0 Å². The van der Waals surface area contributed by atoms with Crippen molar-refractivity contribution >= 4 is 28.9 Å². The van der Waals surface area contributed by atoms with Gasteiger partial charge < -0.3 is 5.32 Å². The molecular weight excluding hydrogens is 299 g/mol. The number of amides is 1. The third-order valence-corrected chi connectivity index (χ3v) is 3.01. The Morgan fingerprint density at radius 1 is 1.29 bits per heavy atom. The molecule has 0 bridgehead atoms. The predicted octanol–water partition coefficient (Wildman–Crippen LogP) is 3.95. The molecule has 0 saturated heterocycles. The maximum Gasteiger partial charge on any atom is 0.292 e. The Hall–Kier alpha value is -2.47. The number of benzene rings is 2. The maximum atomic E-state index is 13.6. The van der Waals surface area contributed by atoms with Crippen molar-refractivity contribution in [1.29, 1.82) is 0 Å². The van der Waals surface area contributed by atoms with Gasteiger partial charge in [-0.3, -0.25) is 14.9 Å². The van der Waals surface area contributed by atoms with Gasteiger partial charge in [-0.15, -0.1) is 0 Å². The van der Waals surface area contributed by atoms with Crippen LogP contribution in [-0.2, 0) is 0 Å². The summed E-state index contributed by atoms with van der Waals surface area (Å²) < 4.78 is 13.6. The Labute approximate surface area is 124 Å². The summed E-state index contributed by atoms with van der Waals surface area (Å²) >= 11 is 5.72. The number of rotatable bonds is 3. The quantitative estimate of drug-likeness (QED) is 0.689. The first-order valence-corrected chi connectivity index (χ1v) is 6.27. The number of halogens is 2. The molecule has 0 aliphatic carbocycles. The van der Waals surface area contributed by atoms with E-state index in [4.69, 9.17) is 11.6 Å². The van der Waals surface area contributed by atoms with E-state index in [9.17, 15) is 19.3 Å². The highest BCUT2D eigenvalue weighted by atomic mass is 35.5. The number of hydrogen-bond donors (Lipinski definition) is 1. The standard InChI is InChI=1S/C14H10ClFN2O3/c1-8-2-5-13(18(20)21)12(6-8)17-14(19)10-7-9(15)3-4-11(10)16/h2-7H,1H3,(H,17,19). The van der Waals surface area contributed by atoms with Crippen LogP contribution < -0.4 is 5.32 Å². The van der Waals surface area contributed by atoms with Crippen LogP contribution in [0.3, 0.4) is 0 Å². The van der Waals surface area contributed by atoms with E-state index in [1.165, 1.54) is 18.2 Å². The van der Waals surface area contributed by atoms with E-state index >= 15 is 0 Å². The highest BCUT2D eigenvalue weighted by Gasteiger charge is 2.18. The molecule has 5 nitrogen and oxygen atoms in total. The number of anilines is 1. The molecule has 0 radical (unpaired) electrons. The van der Waals surface area contributed by atoms with Crippen molar-refractivity contribution in [2.45, 2.75) is 6.92 Å². The van der Waals surface area contributed by atoms with Gasteiger partial charge in [-0.25, -0.2) is 4.39 Å². The lowest BCUT2D eigenvalue weighted by atomic mass is 10.1. The summed E-state index contributed by atoms with van der Waals surface area (Å²) in [6.07, 6.45) is 0. The molecule has 2 aromatic carbocycles. The molecule has 7 heteroatoms. The summed E-state index contributed by atoms with van der Waals surface area (Å²) in [6, 6.07) is 7.80. The number of hydrogen-bond acceptors (Lipinski definition) is 3. The van der Waals surface area contributed by atoms with Gasteiger partial charge in [0, 0.05) is 11.1 Å². The van der Waals surface area contributed by atoms with Crippen molar-refractivity contribution in [3.8, 4) is 0 Å². The Bertz CT molecular complexity index is 734. The molecule has 0 aliphatic heterocycles. The van der Waals surface area contributed by atoms with E-state index in [-0.39, 0.29) is 22.0 Å². The lowest BCUT2D eigenvalue weighted by Gasteiger charge is -2.08. The van der Waals surface area contributed by atoms with Crippen LogP contribution in [0.5, 0.6) is 0 Å². The number of nitro groups is 1. The van der Waals surface area contributed by atoms with Crippen molar-refractivity contribution in [1.82, 2.24) is 0 Å². The van der Waals surface area contributed by atoms with Gasteiger partial charge in [0.25, 0.3) is 11.6 Å². The fraction of sp³-hybridized carbons (Fsp3) is 0.0714. The number of aryl methyl sites for hydroxylation is 1. The minimum absolute atomic E-state index is 0.00405. The SMILES string of the molecule is Cc1ccc([N+](=O)[O-])c(NC(=O)c2cc(Cl)ccc2F)c1. The van der Waals surface area contributed by atoms with Crippen LogP contribution in [0.4, 0.5) is 15.8 Å². The molecule has 0 unspecified atom stereocenters. The summed E-state index contributed by atoms with van der Waals surface area (Å²) in [4.78, 5) is 22.4. The highest BCUT2D eigenvalue weighted by molar-refractivity contribution is 6.31. The van der Waals surface area contributed by atoms with E-state index in [1.807, 2.05) is 0 Å². The average Bonchev–Trinajstić information content (AvgIpc) is 2.41. The van der Waals surface area contributed by atoms with Crippen molar-refractivity contribution in [3.63, 3.8) is 0 Å². The third kappa shape index (κ3) is 3.35. The van der Waals surface area contributed by atoms with Gasteiger partial charge in [-0.2, -0.15) is 0 Å². The molecule has 0 atom stereocenters. The van der Waals surface area contributed by atoms with Crippen LogP contribution >= 0.6 is 11.6 Å². The van der Waals surface area contributed by atoms with Crippen LogP contribution in [0, 0.1) is 22.9 Å². The molecule has 0 spiro atoms. The molecular formula is C14H10ClFN2O3. The fourth-order valence-electron chi connectivity index (χ4n) is 1.77. The molecule has 108 valence electrons. The van der Waals surface area contributed by atoms with Crippen molar-refractivity contribution in [3.05, 3.63) is 68.5 Å². The second kappa shape index (κ2) is 5.88. The molecule has 1 amide bonds. The minimum atomic E-state index is -0.802. The number of nitro benzene ring substituents is 1. The van der Waals surface area contributed by atoms with Gasteiger partial charge in [0.2, 0.25) is 0 Å². The summed E-state index contributed by atoms with van der Waals surface area (Å²) in [5.74, 6) is -1.56. The Morgan fingerprint density at radius 3 is 2.67 bits per heavy atom. The molecule has 0 aromatic heterocycles. The van der Waals surface area contributed by atoms with Crippen LogP contribution in [0.1, 0.15) is 15.9 Å². The van der Waals surface area contributed by atoms with E-state index in [2.05, 4.69) is 5.32 Å². The zero-order valence-electron chi connectivity index (χ0n) is 10.9. The predicted molar refractivity (Wildman–Crippen MR) is 77.2 cm³/mol. The topological polar surface area (TPSA) is 72.2 Å². The van der Waals surface area contributed by atoms with Crippen LogP contribution in [0.2, 0.25) is 5.02 Å². The van der Waals surface area contributed by atoms with E-state index < -0.39 is 16.6 Å². The molecule has 0 heterocycles. The second-order valence-electron chi connectivity index (χ2n) is 4.36. The smallest absolute Gasteiger partial charge is 0.292 e. The lowest BCUT2D eigenvalue weighted by molar-refractivity contribution is -0.383. The zero-order valence-corrected chi connectivity index (χ0v) is 11.6. The monoisotopic (exact) mass is 308 g/mol. The van der Waals surface area contributed by atoms with E-state index in [1.54, 1.807) is 13.0 Å². The minimum Gasteiger partial charge on any atom is -0.316 e. The molecule has 21 heavy (non-hydrogen) atoms. The number of carbonyl (C=O) groups is 1. The summed E-state index contributed by atoms with van der Waals surface area (Å²) in [5, 5.41) is 13.5. The summed E-state index contributed by atoms with van der Waals surface area (Å²) in [7, 11) is 0. The second-order valence-corrected chi connectivity index (χ2v) is 4.79. The first-order valence-electron chi connectivity index (χ1n) is 5.90. The summed E-state index contributed by atoms with van der Waals surface area (Å²) in [6.45, 7) is 1.72. The van der Waals surface area contributed by atoms with Crippen LogP contribution in [-0.4, -0.2) is 10.8 Å². The highest BCUT2D eigenvalue weighted by Crippen LogP contribution is 2.26. The normalized spacial score (nSPS) is 10.2. The molecule has 1 N–H and O–H groups in total. The Morgan fingerprint density at radius 2 is 2.00 bits per heavy atom. The largest absolute Gasteiger partial charge is 0.316 e. The fourth-order valence-corrected chi connectivity index (χ4v) is 1.94. The van der Waals surface area contributed by atoms with Crippen molar-refractivity contribution < 1.29 is 14.1 Å². The van der Waals surface area contributed by atoms with Crippen LogP contribution in [0.15, 0.2) is 36.4 Å². The molecule has 2 aromatic rings. The third-order valence-electron chi connectivity index (χ3n) is 2.77. The lowest BCUT2D eigenvalue weighted by Crippen LogP contribution is -2.15. The molecule has 0 saturated carbocycles. The van der Waals surface area contributed by atoms with Gasteiger partial charge in [0.15, 0.2) is 0 Å². The Kier molecular flexibility index (Phi) is 4.18. The zero-order chi connectivity index (χ0) is 15.6. The Balaban J connectivity index is 2.38. The molecule has 0 fully saturated rings. The van der Waals surface area contributed by atoms with Gasteiger partial charge in [-0.1, -0.05) is 17.7 Å². The number of nitrogens with zero attached hydrogens (tertiary/aromatic N) is 1. The van der Waals surface area contributed by atoms with E-state index in [0.29, 0.717) is 0 Å². The van der Waals surface area contributed by atoms with E-state index in [0.717, 1.165) is 17.7 Å². The van der Waals surface area contributed by atoms with Gasteiger partial charge >= 0.3 is 0 Å². The summed E-state index contributed by atoms with van der Waals surface area (Å²) in [5.41, 5.74) is 0.182. The van der Waals surface area contributed by atoms with Crippen molar-refractivity contribution in [2.75, 3.05) is 5.32 Å². The maximum absolute atomic E-state index is 13.6. The first kappa shape index (κ1) is 14.9. The number of nitrogens with one attached hydrogen (secondary N) is 1.